The van der Waals surface area contributed by atoms with Crippen LogP contribution in [0.5, 0.6) is 5.75 Å². The summed E-state index contributed by atoms with van der Waals surface area (Å²) in [6, 6.07) is 13.3. The van der Waals surface area contributed by atoms with Gasteiger partial charge >= 0.3 is 0 Å². The Balaban J connectivity index is 1.62. The summed E-state index contributed by atoms with van der Waals surface area (Å²) in [5.41, 5.74) is 1.45. The van der Waals surface area contributed by atoms with Gasteiger partial charge in [0.05, 0.1) is 29.9 Å². The van der Waals surface area contributed by atoms with E-state index in [2.05, 4.69) is 0 Å². The summed E-state index contributed by atoms with van der Waals surface area (Å²) < 4.78 is 6.14. The molecule has 1 atom stereocenters. The van der Waals surface area contributed by atoms with Gasteiger partial charge in [0.1, 0.15) is 5.75 Å². The van der Waals surface area contributed by atoms with E-state index in [0.717, 1.165) is 31.2 Å². The van der Waals surface area contributed by atoms with Crippen LogP contribution < -0.4 is 0 Å². The van der Waals surface area contributed by atoms with Crippen molar-refractivity contribution < 1.29 is 19.4 Å². The summed E-state index contributed by atoms with van der Waals surface area (Å²) in [6.45, 7) is 0.284. The van der Waals surface area contributed by atoms with Gasteiger partial charge in [-0.05, 0) is 36.6 Å². The number of hydrogen-bond acceptors (Lipinski definition) is 4. The Bertz CT molecular complexity index is 843. The molecule has 5 nitrogen and oxygen atoms in total. The molecular formula is C22H23NO4. The summed E-state index contributed by atoms with van der Waals surface area (Å²) in [5.74, 6) is -0.741. The average Bonchev–Trinajstić information content (AvgIpc) is 2.94. The minimum atomic E-state index is -0.484. The first-order chi connectivity index (χ1) is 13.1. The molecule has 1 heterocycles. The first-order valence-electron chi connectivity index (χ1n) is 9.52. The van der Waals surface area contributed by atoms with Crippen LogP contribution in [0.3, 0.4) is 0 Å². The normalized spacial score (nSPS) is 18.6. The fraction of sp³-hybridized carbons (Fsp3) is 0.364. The maximum atomic E-state index is 13.0. The molecule has 4 rings (SSSR count). The molecule has 0 saturated heterocycles. The number of fused-ring (bicyclic) bond motifs is 1. The van der Waals surface area contributed by atoms with Crippen molar-refractivity contribution in [3.8, 4) is 5.75 Å². The molecule has 0 spiro atoms. The van der Waals surface area contributed by atoms with E-state index in [9.17, 15) is 14.7 Å². The first kappa shape index (κ1) is 17.7. The molecule has 27 heavy (non-hydrogen) atoms. The monoisotopic (exact) mass is 365 g/mol. The van der Waals surface area contributed by atoms with Crippen LogP contribution in [0.15, 0.2) is 48.5 Å². The van der Waals surface area contributed by atoms with Crippen LogP contribution >= 0.6 is 0 Å². The van der Waals surface area contributed by atoms with Crippen LogP contribution in [0.1, 0.15) is 64.4 Å². The van der Waals surface area contributed by atoms with Crippen LogP contribution in [-0.2, 0) is 4.74 Å². The second kappa shape index (κ2) is 7.53. The highest BCUT2D eigenvalue weighted by atomic mass is 16.5. The number of rotatable bonds is 5. The van der Waals surface area contributed by atoms with Gasteiger partial charge in [0.2, 0.25) is 0 Å². The molecular weight excluding hydrogens is 342 g/mol. The van der Waals surface area contributed by atoms with Gasteiger partial charge in [-0.1, -0.05) is 49.6 Å². The molecule has 140 valence electrons. The third-order valence-corrected chi connectivity index (χ3v) is 5.44. The molecule has 0 unspecified atom stereocenters. The fourth-order valence-electron chi connectivity index (χ4n) is 3.98. The lowest BCUT2D eigenvalue weighted by Gasteiger charge is -2.30. The molecule has 2 amide bonds. The maximum Gasteiger partial charge on any atom is 0.262 e. The lowest BCUT2D eigenvalue weighted by atomic mass is 9.97. The Hall–Kier alpha value is -2.66. The Morgan fingerprint density at radius 3 is 2.41 bits per heavy atom. The topological polar surface area (TPSA) is 66.8 Å². The smallest absolute Gasteiger partial charge is 0.262 e. The van der Waals surface area contributed by atoms with E-state index >= 15 is 0 Å². The lowest BCUT2D eigenvalue weighted by Crippen LogP contribution is -2.37. The van der Waals surface area contributed by atoms with E-state index in [0.29, 0.717) is 5.56 Å². The molecule has 0 radical (unpaired) electrons. The van der Waals surface area contributed by atoms with E-state index < -0.39 is 6.04 Å². The molecule has 1 saturated carbocycles. The highest BCUT2D eigenvalue weighted by molar-refractivity contribution is 6.21. The number of phenols is 1. The molecule has 2 aromatic carbocycles. The van der Waals surface area contributed by atoms with Crippen LogP contribution in [0.4, 0.5) is 0 Å². The van der Waals surface area contributed by atoms with E-state index in [1.165, 1.54) is 29.5 Å². The molecule has 2 aliphatic rings. The van der Waals surface area contributed by atoms with Gasteiger partial charge in [-0.2, -0.15) is 0 Å². The Morgan fingerprint density at radius 2 is 1.67 bits per heavy atom. The maximum absolute atomic E-state index is 13.0. The lowest BCUT2D eigenvalue weighted by molar-refractivity contribution is -0.00386. The highest BCUT2D eigenvalue weighted by Crippen LogP contribution is 2.34. The number of carbonyl (C=O) groups excluding carboxylic acids is 2. The van der Waals surface area contributed by atoms with Crippen molar-refractivity contribution in [2.24, 2.45) is 0 Å². The van der Waals surface area contributed by atoms with Gasteiger partial charge in [0.25, 0.3) is 11.8 Å². The Morgan fingerprint density at radius 1 is 0.963 bits per heavy atom. The second-order valence-corrected chi connectivity index (χ2v) is 7.23. The van der Waals surface area contributed by atoms with Crippen LogP contribution in [0, 0.1) is 0 Å². The number of aromatic hydroxyl groups is 1. The van der Waals surface area contributed by atoms with Gasteiger partial charge in [-0.25, -0.2) is 0 Å². The summed E-state index contributed by atoms with van der Waals surface area (Å²) in [5, 5.41) is 9.71. The number of benzene rings is 2. The standard InChI is InChI=1S/C22H23NO4/c24-16-11-12-18-19(13-16)22(26)23(21(18)25)20(15-7-3-1-4-8-15)14-27-17-9-5-2-6-10-17/h1,3-4,7-8,11-13,17,20,24H,2,5-6,9-10,14H2/t20-/m1/s1. The minimum Gasteiger partial charge on any atom is -0.508 e. The predicted octanol–water partition coefficient (Wildman–Crippen LogP) is 4.08. The third-order valence-electron chi connectivity index (χ3n) is 5.44. The van der Waals surface area contributed by atoms with E-state index in [4.69, 9.17) is 4.74 Å². The van der Waals surface area contributed by atoms with Crippen molar-refractivity contribution in [1.82, 2.24) is 4.90 Å². The van der Waals surface area contributed by atoms with Crippen molar-refractivity contribution in [3.05, 3.63) is 65.2 Å². The van der Waals surface area contributed by atoms with E-state index in [-0.39, 0.29) is 35.8 Å². The molecule has 1 aliphatic carbocycles. The van der Waals surface area contributed by atoms with Crippen molar-refractivity contribution in [3.63, 3.8) is 0 Å². The largest absolute Gasteiger partial charge is 0.508 e. The number of phenolic OH excluding ortho intramolecular Hbond substituents is 1. The van der Waals surface area contributed by atoms with Gasteiger partial charge in [0.15, 0.2) is 0 Å². The zero-order valence-electron chi connectivity index (χ0n) is 15.1. The van der Waals surface area contributed by atoms with E-state index in [1.54, 1.807) is 0 Å². The number of carbonyl (C=O) groups is 2. The van der Waals surface area contributed by atoms with E-state index in [1.807, 2.05) is 30.3 Å². The zero-order chi connectivity index (χ0) is 18.8. The quantitative estimate of drug-likeness (QED) is 0.811. The number of hydrogen-bond donors (Lipinski definition) is 1. The number of nitrogens with zero attached hydrogens (tertiary/aromatic N) is 1. The van der Waals surface area contributed by atoms with Gasteiger partial charge in [-0.3, -0.25) is 14.5 Å². The van der Waals surface area contributed by atoms with Gasteiger partial charge in [-0.15, -0.1) is 0 Å². The zero-order valence-corrected chi connectivity index (χ0v) is 15.1. The van der Waals surface area contributed by atoms with Crippen molar-refractivity contribution >= 4 is 11.8 Å². The summed E-state index contributed by atoms with van der Waals surface area (Å²) in [7, 11) is 0. The minimum absolute atomic E-state index is 0.0218. The van der Waals surface area contributed by atoms with Crippen LogP contribution in [0.2, 0.25) is 0 Å². The molecule has 1 fully saturated rings. The first-order valence-corrected chi connectivity index (χ1v) is 9.52. The molecule has 5 heteroatoms. The molecule has 1 aliphatic heterocycles. The Kier molecular flexibility index (Phi) is 4.94. The van der Waals surface area contributed by atoms with Crippen molar-refractivity contribution in [2.75, 3.05) is 6.61 Å². The number of amides is 2. The fourth-order valence-corrected chi connectivity index (χ4v) is 3.98. The summed E-state index contributed by atoms with van der Waals surface area (Å²) in [4.78, 5) is 27.2. The van der Waals surface area contributed by atoms with Gasteiger partial charge in [0, 0.05) is 0 Å². The average molecular weight is 365 g/mol. The summed E-state index contributed by atoms with van der Waals surface area (Å²) >= 11 is 0. The predicted molar refractivity (Wildman–Crippen MR) is 101 cm³/mol. The Labute approximate surface area is 158 Å². The highest BCUT2D eigenvalue weighted by Gasteiger charge is 2.41. The number of imide groups is 1. The molecule has 2 aromatic rings. The summed E-state index contributed by atoms with van der Waals surface area (Å²) in [6.07, 6.45) is 5.79. The van der Waals surface area contributed by atoms with Crippen LogP contribution in [-0.4, -0.2) is 34.5 Å². The molecule has 0 bridgehead atoms. The van der Waals surface area contributed by atoms with Gasteiger partial charge < -0.3 is 9.84 Å². The molecule has 1 N–H and O–H groups in total. The van der Waals surface area contributed by atoms with Crippen molar-refractivity contribution in [1.29, 1.82) is 0 Å². The SMILES string of the molecule is O=C1c2ccc(O)cc2C(=O)N1[C@H](COC1CCCCC1)c1ccccc1. The number of ether oxygens (including phenoxy) is 1. The second-order valence-electron chi connectivity index (χ2n) is 7.23. The molecule has 0 aromatic heterocycles. The third kappa shape index (κ3) is 3.47. The van der Waals surface area contributed by atoms with Crippen LogP contribution in [0.25, 0.3) is 0 Å². The van der Waals surface area contributed by atoms with Crippen molar-refractivity contribution in [2.45, 2.75) is 44.2 Å².